The van der Waals surface area contributed by atoms with E-state index >= 15 is 0 Å². The molecule has 0 unspecified atom stereocenters. The molecule has 7 heteroatoms. The summed E-state index contributed by atoms with van der Waals surface area (Å²) in [6.45, 7) is 1.25. The number of hydrogen-bond acceptors (Lipinski definition) is 4. The molecule has 26 heavy (non-hydrogen) atoms. The van der Waals surface area contributed by atoms with E-state index in [2.05, 4.69) is 5.32 Å². The average Bonchev–Trinajstić information content (AvgIpc) is 2.61. The van der Waals surface area contributed by atoms with Crippen LogP contribution < -0.4 is 5.32 Å². The quantitative estimate of drug-likeness (QED) is 0.805. The molecule has 136 valence electrons. The third-order valence-electron chi connectivity index (χ3n) is 3.55. The SMILES string of the molecule is Cc1ccc(NC(=O)CN(C)C(=O)COC(=O)c2ccc(F)cc2)cc1. The fraction of sp³-hybridized carbons (Fsp3) is 0.211. The van der Waals surface area contributed by atoms with Crippen LogP contribution in [0.2, 0.25) is 0 Å². The summed E-state index contributed by atoms with van der Waals surface area (Å²) in [5.74, 6) is -2.11. The highest BCUT2D eigenvalue weighted by Crippen LogP contribution is 2.08. The first-order valence-corrected chi connectivity index (χ1v) is 7.88. The highest BCUT2D eigenvalue weighted by atomic mass is 19.1. The Morgan fingerprint density at radius 3 is 2.27 bits per heavy atom. The summed E-state index contributed by atoms with van der Waals surface area (Å²) < 4.78 is 17.7. The van der Waals surface area contributed by atoms with Crippen molar-refractivity contribution in [1.29, 1.82) is 0 Å². The second kappa shape index (κ2) is 8.75. The normalized spacial score (nSPS) is 10.1. The molecule has 0 spiro atoms. The molecule has 0 aliphatic carbocycles. The molecule has 1 N–H and O–H groups in total. The molecule has 0 aliphatic heterocycles. The van der Waals surface area contributed by atoms with Gasteiger partial charge in [-0.2, -0.15) is 0 Å². The summed E-state index contributed by atoms with van der Waals surface area (Å²) in [5, 5.41) is 2.67. The molecule has 0 fully saturated rings. The summed E-state index contributed by atoms with van der Waals surface area (Å²) >= 11 is 0. The Balaban J connectivity index is 1.79. The van der Waals surface area contributed by atoms with Crippen molar-refractivity contribution in [2.24, 2.45) is 0 Å². The van der Waals surface area contributed by atoms with Crippen LogP contribution in [0.25, 0.3) is 0 Å². The number of esters is 1. The summed E-state index contributed by atoms with van der Waals surface area (Å²) in [7, 11) is 1.43. The Bertz CT molecular complexity index is 788. The molecule has 0 bridgehead atoms. The second-order valence-corrected chi connectivity index (χ2v) is 5.75. The molecule has 0 saturated carbocycles. The number of amides is 2. The van der Waals surface area contributed by atoms with Gasteiger partial charge in [-0.15, -0.1) is 0 Å². The smallest absolute Gasteiger partial charge is 0.338 e. The molecule has 0 heterocycles. The minimum atomic E-state index is -0.740. The van der Waals surface area contributed by atoms with Crippen LogP contribution in [0.1, 0.15) is 15.9 Å². The highest BCUT2D eigenvalue weighted by Gasteiger charge is 2.16. The van der Waals surface area contributed by atoms with E-state index in [4.69, 9.17) is 4.74 Å². The number of anilines is 1. The Morgan fingerprint density at radius 1 is 1.04 bits per heavy atom. The topological polar surface area (TPSA) is 75.7 Å². The number of ether oxygens (including phenoxy) is 1. The molecule has 0 radical (unpaired) electrons. The van der Waals surface area contributed by atoms with E-state index in [1.165, 1.54) is 19.2 Å². The third-order valence-corrected chi connectivity index (χ3v) is 3.55. The molecule has 2 amide bonds. The van der Waals surface area contributed by atoms with Crippen LogP contribution in [0.15, 0.2) is 48.5 Å². The first-order valence-electron chi connectivity index (χ1n) is 7.88. The monoisotopic (exact) mass is 358 g/mol. The van der Waals surface area contributed by atoms with Gasteiger partial charge < -0.3 is 15.0 Å². The van der Waals surface area contributed by atoms with E-state index in [1.807, 2.05) is 19.1 Å². The number of aryl methyl sites for hydroxylation is 1. The summed E-state index contributed by atoms with van der Waals surface area (Å²) in [5.41, 5.74) is 1.83. The van der Waals surface area contributed by atoms with Crippen LogP contribution in [0.5, 0.6) is 0 Å². The number of carbonyl (C=O) groups excluding carboxylic acids is 3. The van der Waals surface area contributed by atoms with Gasteiger partial charge in [0.25, 0.3) is 5.91 Å². The van der Waals surface area contributed by atoms with E-state index < -0.39 is 24.3 Å². The molecule has 0 aliphatic rings. The number of rotatable bonds is 6. The standard InChI is InChI=1S/C19H19FN2O4/c1-13-3-9-16(10-4-13)21-17(23)11-22(2)18(24)12-26-19(25)14-5-7-15(20)8-6-14/h3-10H,11-12H2,1-2H3,(H,21,23). The van der Waals surface area contributed by atoms with Gasteiger partial charge in [-0.3, -0.25) is 9.59 Å². The van der Waals surface area contributed by atoms with Gasteiger partial charge in [0.15, 0.2) is 6.61 Å². The van der Waals surface area contributed by atoms with E-state index in [9.17, 15) is 18.8 Å². The number of hydrogen-bond donors (Lipinski definition) is 1. The molecular formula is C19H19FN2O4. The fourth-order valence-corrected chi connectivity index (χ4v) is 2.05. The van der Waals surface area contributed by atoms with E-state index in [0.717, 1.165) is 22.6 Å². The molecule has 0 aromatic heterocycles. The van der Waals surface area contributed by atoms with Crippen molar-refractivity contribution in [3.8, 4) is 0 Å². The van der Waals surface area contributed by atoms with Crippen LogP contribution in [0, 0.1) is 12.7 Å². The van der Waals surface area contributed by atoms with Crippen molar-refractivity contribution >= 4 is 23.5 Å². The van der Waals surface area contributed by atoms with Crippen molar-refractivity contribution in [3.63, 3.8) is 0 Å². The lowest BCUT2D eigenvalue weighted by Crippen LogP contribution is -2.37. The first-order chi connectivity index (χ1) is 12.3. The van der Waals surface area contributed by atoms with Crippen molar-refractivity contribution in [2.75, 3.05) is 25.5 Å². The van der Waals surface area contributed by atoms with Crippen LogP contribution >= 0.6 is 0 Å². The molecule has 2 aromatic rings. The van der Waals surface area contributed by atoms with Crippen molar-refractivity contribution < 1.29 is 23.5 Å². The van der Waals surface area contributed by atoms with Gasteiger partial charge in [-0.05, 0) is 43.3 Å². The summed E-state index contributed by atoms with van der Waals surface area (Å²) in [4.78, 5) is 36.9. The Hall–Kier alpha value is -3.22. The predicted octanol–water partition coefficient (Wildman–Crippen LogP) is 2.39. The molecular weight excluding hydrogens is 339 g/mol. The van der Waals surface area contributed by atoms with Gasteiger partial charge in [-0.1, -0.05) is 17.7 Å². The minimum absolute atomic E-state index is 0.138. The van der Waals surface area contributed by atoms with Gasteiger partial charge >= 0.3 is 5.97 Å². The first kappa shape index (κ1) is 19.1. The van der Waals surface area contributed by atoms with Crippen molar-refractivity contribution in [1.82, 2.24) is 4.90 Å². The molecule has 0 atom stereocenters. The molecule has 2 aromatic carbocycles. The highest BCUT2D eigenvalue weighted by molar-refractivity contribution is 5.95. The zero-order chi connectivity index (χ0) is 19.1. The minimum Gasteiger partial charge on any atom is -0.452 e. The Morgan fingerprint density at radius 2 is 1.65 bits per heavy atom. The van der Waals surface area contributed by atoms with Gasteiger partial charge in [-0.25, -0.2) is 9.18 Å². The lowest BCUT2D eigenvalue weighted by molar-refractivity contribution is -0.136. The van der Waals surface area contributed by atoms with Crippen LogP contribution in [-0.4, -0.2) is 42.9 Å². The van der Waals surface area contributed by atoms with Crippen molar-refractivity contribution in [3.05, 3.63) is 65.5 Å². The van der Waals surface area contributed by atoms with Gasteiger partial charge in [0.2, 0.25) is 5.91 Å². The molecule has 0 saturated heterocycles. The maximum absolute atomic E-state index is 12.8. The zero-order valence-corrected chi connectivity index (χ0v) is 14.5. The fourth-order valence-electron chi connectivity index (χ4n) is 2.05. The second-order valence-electron chi connectivity index (χ2n) is 5.75. The maximum atomic E-state index is 12.8. The lowest BCUT2D eigenvalue weighted by atomic mass is 10.2. The average molecular weight is 358 g/mol. The number of carbonyl (C=O) groups is 3. The van der Waals surface area contributed by atoms with Crippen molar-refractivity contribution in [2.45, 2.75) is 6.92 Å². The number of nitrogens with one attached hydrogen (secondary N) is 1. The number of nitrogens with zero attached hydrogens (tertiary/aromatic N) is 1. The molecule has 2 rings (SSSR count). The van der Waals surface area contributed by atoms with Gasteiger partial charge in [0.05, 0.1) is 12.1 Å². The maximum Gasteiger partial charge on any atom is 0.338 e. The van der Waals surface area contributed by atoms with Crippen LogP contribution in [0.4, 0.5) is 10.1 Å². The van der Waals surface area contributed by atoms with Crippen LogP contribution in [-0.2, 0) is 14.3 Å². The Kier molecular flexibility index (Phi) is 6.43. The number of likely N-dealkylation sites (N-methyl/N-ethyl adjacent to an activating group) is 1. The summed E-state index contributed by atoms with van der Waals surface area (Å²) in [6, 6.07) is 12.0. The van der Waals surface area contributed by atoms with E-state index in [-0.39, 0.29) is 18.0 Å². The third kappa shape index (κ3) is 5.70. The molecule has 6 nitrogen and oxygen atoms in total. The van der Waals surface area contributed by atoms with E-state index in [1.54, 1.807) is 12.1 Å². The number of benzene rings is 2. The van der Waals surface area contributed by atoms with Gasteiger partial charge in [0, 0.05) is 12.7 Å². The van der Waals surface area contributed by atoms with Crippen LogP contribution in [0.3, 0.4) is 0 Å². The Labute approximate surface area is 150 Å². The van der Waals surface area contributed by atoms with E-state index in [0.29, 0.717) is 5.69 Å². The van der Waals surface area contributed by atoms with Gasteiger partial charge in [0.1, 0.15) is 5.82 Å². The largest absolute Gasteiger partial charge is 0.452 e. The number of halogens is 1. The lowest BCUT2D eigenvalue weighted by Gasteiger charge is -2.17. The zero-order valence-electron chi connectivity index (χ0n) is 14.5. The predicted molar refractivity (Wildman–Crippen MR) is 94.1 cm³/mol. The summed E-state index contributed by atoms with van der Waals surface area (Å²) in [6.07, 6.45) is 0.